The van der Waals surface area contributed by atoms with Crippen molar-refractivity contribution >= 4 is 11.6 Å². The minimum atomic E-state index is 0.668. The van der Waals surface area contributed by atoms with Crippen LogP contribution in [0.1, 0.15) is 19.0 Å². The molecule has 0 saturated heterocycles. The second kappa shape index (κ2) is 6.45. The van der Waals surface area contributed by atoms with Gasteiger partial charge in [0.05, 0.1) is 12.3 Å². The standard InChI is InChI=1S/C14H17ClN2O/c1-2-12-11-14(15)17(16-12)9-6-10-18-13-7-4-3-5-8-13/h3-5,7-8,11H,2,6,9-10H2,1H3. The summed E-state index contributed by atoms with van der Waals surface area (Å²) in [5.74, 6) is 0.901. The predicted octanol–water partition coefficient (Wildman–Crippen LogP) is 3.57. The van der Waals surface area contributed by atoms with Gasteiger partial charge in [0.2, 0.25) is 0 Å². The molecule has 0 atom stereocenters. The van der Waals surface area contributed by atoms with Crippen molar-refractivity contribution in [1.29, 1.82) is 0 Å². The summed E-state index contributed by atoms with van der Waals surface area (Å²) < 4.78 is 7.44. The topological polar surface area (TPSA) is 27.1 Å². The molecule has 0 unspecified atom stereocenters. The molecule has 0 saturated carbocycles. The number of hydrogen-bond donors (Lipinski definition) is 0. The lowest BCUT2D eigenvalue weighted by atomic mass is 10.3. The minimum Gasteiger partial charge on any atom is -0.494 e. The third-order valence-corrected chi connectivity index (χ3v) is 2.97. The first-order valence-electron chi connectivity index (χ1n) is 6.19. The molecular weight excluding hydrogens is 248 g/mol. The molecule has 1 heterocycles. The van der Waals surface area contributed by atoms with E-state index in [1.807, 2.05) is 41.1 Å². The molecular formula is C14H17ClN2O. The molecule has 0 spiro atoms. The van der Waals surface area contributed by atoms with Gasteiger partial charge in [-0.25, -0.2) is 0 Å². The van der Waals surface area contributed by atoms with Crippen molar-refractivity contribution in [3.63, 3.8) is 0 Å². The fourth-order valence-corrected chi connectivity index (χ4v) is 1.94. The van der Waals surface area contributed by atoms with Gasteiger partial charge in [0, 0.05) is 13.0 Å². The molecule has 2 rings (SSSR count). The molecule has 1 aromatic heterocycles. The van der Waals surface area contributed by atoms with E-state index in [9.17, 15) is 0 Å². The minimum absolute atomic E-state index is 0.668. The van der Waals surface area contributed by atoms with Gasteiger partial charge in [0.1, 0.15) is 10.9 Å². The van der Waals surface area contributed by atoms with Crippen LogP contribution >= 0.6 is 11.6 Å². The molecule has 0 fully saturated rings. The molecule has 0 bridgehead atoms. The number of aromatic nitrogens is 2. The molecule has 96 valence electrons. The maximum Gasteiger partial charge on any atom is 0.127 e. The van der Waals surface area contributed by atoms with Gasteiger partial charge in [0.15, 0.2) is 0 Å². The van der Waals surface area contributed by atoms with E-state index in [2.05, 4.69) is 12.0 Å². The third-order valence-electron chi connectivity index (χ3n) is 2.67. The van der Waals surface area contributed by atoms with Gasteiger partial charge in [-0.15, -0.1) is 0 Å². The second-order valence-electron chi connectivity index (χ2n) is 4.05. The largest absolute Gasteiger partial charge is 0.494 e. The van der Waals surface area contributed by atoms with Gasteiger partial charge in [-0.3, -0.25) is 4.68 Å². The van der Waals surface area contributed by atoms with Crippen molar-refractivity contribution in [3.05, 3.63) is 47.2 Å². The zero-order valence-corrected chi connectivity index (χ0v) is 11.2. The van der Waals surface area contributed by atoms with Crippen molar-refractivity contribution in [2.24, 2.45) is 0 Å². The van der Waals surface area contributed by atoms with E-state index in [0.717, 1.165) is 30.8 Å². The average Bonchev–Trinajstić information content (AvgIpc) is 2.77. The van der Waals surface area contributed by atoms with Crippen molar-refractivity contribution in [2.45, 2.75) is 26.3 Å². The Morgan fingerprint density at radius 2 is 2.06 bits per heavy atom. The number of benzene rings is 1. The Labute approximate surface area is 112 Å². The first kappa shape index (κ1) is 13.0. The molecule has 0 aliphatic heterocycles. The van der Waals surface area contributed by atoms with Gasteiger partial charge in [-0.2, -0.15) is 5.10 Å². The van der Waals surface area contributed by atoms with Crippen LogP contribution in [0, 0.1) is 0 Å². The SMILES string of the molecule is CCc1cc(Cl)n(CCCOc2ccccc2)n1. The first-order valence-corrected chi connectivity index (χ1v) is 6.57. The van der Waals surface area contributed by atoms with Crippen LogP contribution < -0.4 is 4.74 Å². The highest BCUT2D eigenvalue weighted by molar-refractivity contribution is 6.29. The van der Waals surface area contributed by atoms with Crippen LogP contribution in [0.4, 0.5) is 0 Å². The maximum absolute atomic E-state index is 6.08. The summed E-state index contributed by atoms with van der Waals surface area (Å²) in [6.45, 7) is 3.52. The van der Waals surface area contributed by atoms with Gasteiger partial charge in [-0.1, -0.05) is 36.7 Å². The van der Waals surface area contributed by atoms with E-state index in [4.69, 9.17) is 16.3 Å². The average molecular weight is 265 g/mol. The number of ether oxygens (including phenoxy) is 1. The van der Waals surface area contributed by atoms with Crippen molar-refractivity contribution in [3.8, 4) is 5.75 Å². The quantitative estimate of drug-likeness (QED) is 0.746. The summed E-state index contributed by atoms with van der Waals surface area (Å²) in [4.78, 5) is 0. The maximum atomic E-state index is 6.08. The Balaban J connectivity index is 1.76. The summed E-state index contributed by atoms with van der Waals surface area (Å²) in [6.07, 6.45) is 1.80. The lowest BCUT2D eigenvalue weighted by Gasteiger charge is -2.06. The summed E-state index contributed by atoms with van der Waals surface area (Å²) >= 11 is 6.08. The van der Waals surface area contributed by atoms with Crippen LogP contribution in [0.2, 0.25) is 5.15 Å². The predicted molar refractivity (Wildman–Crippen MR) is 73.2 cm³/mol. The highest BCUT2D eigenvalue weighted by atomic mass is 35.5. The van der Waals surface area contributed by atoms with E-state index in [1.165, 1.54) is 0 Å². The van der Waals surface area contributed by atoms with Crippen molar-refractivity contribution in [1.82, 2.24) is 9.78 Å². The van der Waals surface area contributed by atoms with Crippen LogP contribution in [0.15, 0.2) is 36.4 Å². The molecule has 0 amide bonds. The van der Waals surface area contributed by atoms with Gasteiger partial charge in [-0.05, 0) is 24.6 Å². The molecule has 4 heteroatoms. The molecule has 1 aromatic carbocycles. The molecule has 0 aliphatic rings. The molecule has 0 N–H and O–H groups in total. The second-order valence-corrected chi connectivity index (χ2v) is 4.44. The molecule has 18 heavy (non-hydrogen) atoms. The Morgan fingerprint density at radius 1 is 1.28 bits per heavy atom. The van der Waals surface area contributed by atoms with Crippen LogP contribution in [-0.4, -0.2) is 16.4 Å². The van der Waals surface area contributed by atoms with E-state index in [-0.39, 0.29) is 0 Å². The van der Waals surface area contributed by atoms with Crippen LogP contribution in [0.25, 0.3) is 0 Å². The monoisotopic (exact) mass is 264 g/mol. The summed E-state index contributed by atoms with van der Waals surface area (Å²) in [7, 11) is 0. The fourth-order valence-electron chi connectivity index (χ4n) is 1.69. The number of hydrogen-bond acceptors (Lipinski definition) is 2. The highest BCUT2D eigenvalue weighted by Crippen LogP contribution is 2.13. The molecule has 3 nitrogen and oxygen atoms in total. The fraction of sp³-hybridized carbons (Fsp3) is 0.357. The van der Waals surface area contributed by atoms with Crippen molar-refractivity contribution < 1.29 is 4.74 Å². The first-order chi connectivity index (χ1) is 8.79. The Kier molecular flexibility index (Phi) is 4.65. The number of nitrogens with zero attached hydrogens (tertiary/aromatic N) is 2. The summed E-state index contributed by atoms with van der Waals surface area (Å²) in [5.41, 5.74) is 1.03. The van der Waals surface area contributed by atoms with E-state index >= 15 is 0 Å². The highest BCUT2D eigenvalue weighted by Gasteiger charge is 2.03. The zero-order chi connectivity index (χ0) is 12.8. The molecule has 0 radical (unpaired) electrons. The number of aryl methyl sites for hydroxylation is 2. The van der Waals surface area contributed by atoms with E-state index < -0.39 is 0 Å². The Hall–Kier alpha value is -1.48. The third kappa shape index (κ3) is 3.50. The zero-order valence-electron chi connectivity index (χ0n) is 10.5. The Bertz CT molecular complexity index is 482. The lowest BCUT2D eigenvalue weighted by Crippen LogP contribution is -2.06. The van der Waals surface area contributed by atoms with Gasteiger partial charge < -0.3 is 4.74 Å². The summed E-state index contributed by atoms with van der Waals surface area (Å²) in [6, 6.07) is 11.7. The van der Waals surface area contributed by atoms with Crippen LogP contribution in [0.5, 0.6) is 5.75 Å². The lowest BCUT2D eigenvalue weighted by molar-refractivity contribution is 0.298. The summed E-state index contributed by atoms with van der Waals surface area (Å²) in [5, 5.41) is 5.10. The number of para-hydroxylation sites is 1. The normalized spacial score (nSPS) is 10.6. The smallest absolute Gasteiger partial charge is 0.127 e. The van der Waals surface area contributed by atoms with Crippen LogP contribution in [-0.2, 0) is 13.0 Å². The van der Waals surface area contributed by atoms with Crippen LogP contribution in [0.3, 0.4) is 0 Å². The Morgan fingerprint density at radius 3 is 2.72 bits per heavy atom. The van der Waals surface area contributed by atoms with Crippen molar-refractivity contribution in [2.75, 3.05) is 6.61 Å². The van der Waals surface area contributed by atoms with E-state index in [1.54, 1.807) is 0 Å². The molecule has 0 aliphatic carbocycles. The molecule has 2 aromatic rings. The number of rotatable bonds is 6. The number of halogens is 1. The van der Waals surface area contributed by atoms with Gasteiger partial charge >= 0.3 is 0 Å². The van der Waals surface area contributed by atoms with Gasteiger partial charge in [0.25, 0.3) is 0 Å². The van der Waals surface area contributed by atoms with E-state index in [0.29, 0.717) is 11.8 Å².